The first-order valence-corrected chi connectivity index (χ1v) is 6.00. The molecule has 17 heavy (non-hydrogen) atoms. The summed E-state index contributed by atoms with van der Waals surface area (Å²) in [5.74, 6) is -0.486. The van der Waals surface area contributed by atoms with E-state index in [2.05, 4.69) is 5.32 Å². The lowest BCUT2D eigenvalue weighted by Gasteiger charge is -2.07. The molecule has 0 aliphatic carbocycles. The van der Waals surface area contributed by atoms with Crippen LogP contribution in [0, 0.1) is 24.1 Å². The number of anilines is 1. The molecule has 0 atom stereocenters. The number of nitrogens with zero attached hydrogens (tertiary/aromatic N) is 1. The fourth-order valence-corrected chi connectivity index (χ4v) is 2.38. The van der Waals surface area contributed by atoms with Crippen molar-refractivity contribution in [1.29, 1.82) is 5.26 Å². The molecule has 0 unspecified atom stereocenters. The van der Waals surface area contributed by atoms with Gasteiger partial charge < -0.3 is 5.32 Å². The highest BCUT2D eigenvalue weighted by molar-refractivity contribution is 7.11. The topological polar surface area (TPSA) is 35.8 Å². The predicted molar refractivity (Wildman–Crippen MR) is 67.5 cm³/mol. The number of aryl methyl sites for hydroxylation is 1. The largest absolute Gasteiger partial charge is 0.379 e. The molecule has 1 aromatic carbocycles. The maximum absolute atomic E-state index is 13.3. The van der Waals surface area contributed by atoms with Crippen molar-refractivity contribution in [2.24, 2.45) is 0 Å². The average molecular weight is 246 g/mol. The molecule has 0 bridgehead atoms. The third-order valence-electron chi connectivity index (χ3n) is 2.37. The SMILES string of the molecule is Cc1ccc(CNc2cccc(F)c2C#N)s1. The summed E-state index contributed by atoms with van der Waals surface area (Å²) in [4.78, 5) is 2.40. The average Bonchev–Trinajstić information content (AvgIpc) is 2.72. The van der Waals surface area contributed by atoms with Gasteiger partial charge in [0.2, 0.25) is 0 Å². The van der Waals surface area contributed by atoms with Crippen molar-refractivity contribution in [3.63, 3.8) is 0 Å². The third-order valence-corrected chi connectivity index (χ3v) is 3.38. The maximum Gasteiger partial charge on any atom is 0.143 e. The summed E-state index contributed by atoms with van der Waals surface area (Å²) >= 11 is 1.69. The summed E-state index contributed by atoms with van der Waals surface area (Å²) in [6.45, 7) is 2.65. The predicted octanol–water partition coefficient (Wildman–Crippen LogP) is 3.68. The highest BCUT2D eigenvalue weighted by atomic mass is 32.1. The molecular weight excluding hydrogens is 235 g/mol. The molecule has 2 nitrogen and oxygen atoms in total. The molecule has 0 radical (unpaired) electrons. The molecule has 0 aliphatic rings. The molecule has 0 aliphatic heterocycles. The van der Waals surface area contributed by atoms with Gasteiger partial charge in [0, 0.05) is 16.3 Å². The second-order valence-corrected chi connectivity index (χ2v) is 5.01. The molecule has 1 heterocycles. The number of halogens is 1. The van der Waals surface area contributed by atoms with Gasteiger partial charge in [-0.05, 0) is 31.2 Å². The first kappa shape index (κ1) is 11.6. The molecule has 2 aromatic rings. The molecule has 0 spiro atoms. The van der Waals surface area contributed by atoms with Crippen LogP contribution in [-0.4, -0.2) is 0 Å². The summed E-state index contributed by atoms with van der Waals surface area (Å²) < 4.78 is 13.3. The summed E-state index contributed by atoms with van der Waals surface area (Å²) in [6.07, 6.45) is 0. The highest BCUT2D eigenvalue weighted by Crippen LogP contribution is 2.20. The Morgan fingerprint density at radius 3 is 2.82 bits per heavy atom. The number of benzene rings is 1. The van der Waals surface area contributed by atoms with E-state index >= 15 is 0 Å². The van der Waals surface area contributed by atoms with Crippen LogP contribution < -0.4 is 5.32 Å². The van der Waals surface area contributed by atoms with E-state index in [1.165, 1.54) is 10.9 Å². The van der Waals surface area contributed by atoms with Crippen molar-refractivity contribution in [2.45, 2.75) is 13.5 Å². The van der Waals surface area contributed by atoms with Gasteiger partial charge in [0.1, 0.15) is 17.4 Å². The third kappa shape index (κ3) is 2.63. The summed E-state index contributed by atoms with van der Waals surface area (Å²) in [6, 6.07) is 10.5. The van der Waals surface area contributed by atoms with Crippen LogP contribution in [0.2, 0.25) is 0 Å². The normalized spacial score (nSPS) is 9.94. The zero-order chi connectivity index (χ0) is 12.3. The Morgan fingerprint density at radius 1 is 1.35 bits per heavy atom. The van der Waals surface area contributed by atoms with Crippen molar-refractivity contribution in [2.75, 3.05) is 5.32 Å². The number of nitrogens with one attached hydrogen (secondary N) is 1. The Labute approximate surface area is 103 Å². The van der Waals surface area contributed by atoms with Crippen molar-refractivity contribution in [1.82, 2.24) is 0 Å². The summed E-state index contributed by atoms with van der Waals surface area (Å²) in [5.41, 5.74) is 0.610. The second-order valence-electron chi connectivity index (χ2n) is 3.64. The minimum absolute atomic E-state index is 0.0702. The van der Waals surface area contributed by atoms with Crippen LogP contribution in [0.1, 0.15) is 15.3 Å². The molecular formula is C13H11FN2S. The smallest absolute Gasteiger partial charge is 0.143 e. The quantitative estimate of drug-likeness (QED) is 0.896. The van der Waals surface area contributed by atoms with Crippen LogP contribution >= 0.6 is 11.3 Å². The Balaban J connectivity index is 2.14. The van der Waals surface area contributed by atoms with Crippen LogP contribution in [0.4, 0.5) is 10.1 Å². The van der Waals surface area contributed by atoms with Crippen molar-refractivity contribution in [3.05, 3.63) is 51.5 Å². The van der Waals surface area contributed by atoms with Crippen LogP contribution in [-0.2, 0) is 6.54 Å². The lowest BCUT2D eigenvalue weighted by molar-refractivity contribution is 0.624. The van der Waals surface area contributed by atoms with Crippen molar-refractivity contribution < 1.29 is 4.39 Å². The van der Waals surface area contributed by atoms with Crippen LogP contribution in [0.3, 0.4) is 0 Å². The lowest BCUT2D eigenvalue weighted by Crippen LogP contribution is -2.00. The van der Waals surface area contributed by atoms with Gasteiger partial charge in [-0.25, -0.2) is 4.39 Å². The van der Waals surface area contributed by atoms with E-state index in [0.717, 1.165) is 4.88 Å². The van der Waals surface area contributed by atoms with Crippen molar-refractivity contribution >= 4 is 17.0 Å². The Bertz CT molecular complexity index is 569. The van der Waals surface area contributed by atoms with Crippen molar-refractivity contribution in [3.8, 4) is 6.07 Å². The molecule has 0 amide bonds. The molecule has 4 heteroatoms. The Morgan fingerprint density at radius 2 is 2.18 bits per heavy atom. The maximum atomic E-state index is 13.3. The standard InChI is InChI=1S/C13H11FN2S/c1-9-5-6-10(17-9)8-16-13-4-2-3-12(14)11(13)7-15/h2-6,16H,8H2,1H3. The van der Waals surface area contributed by atoms with Gasteiger partial charge in [-0.3, -0.25) is 0 Å². The minimum Gasteiger partial charge on any atom is -0.379 e. The number of hydrogen-bond donors (Lipinski definition) is 1. The number of thiophene rings is 1. The first-order valence-electron chi connectivity index (χ1n) is 5.18. The molecule has 1 aromatic heterocycles. The van der Waals surface area contributed by atoms with Gasteiger partial charge in [-0.15, -0.1) is 11.3 Å². The van der Waals surface area contributed by atoms with Gasteiger partial charge in [0.05, 0.1) is 5.69 Å². The van der Waals surface area contributed by atoms with Crippen LogP contribution in [0.25, 0.3) is 0 Å². The van der Waals surface area contributed by atoms with E-state index in [-0.39, 0.29) is 5.56 Å². The zero-order valence-electron chi connectivity index (χ0n) is 9.33. The Hall–Kier alpha value is -1.86. The molecule has 0 saturated carbocycles. The minimum atomic E-state index is -0.486. The summed E-state index contributed by atoms with van der Waals surface area (Å²) in [7, 11) is 0. The van der Waals surface area contributed by atoms with E-state index in [1.54, 1.807) is 23.5 Å². The van der Waals surface area contributed by atoms with Gasteiger partial charge in [0.15, 0.2) is 0 Å². The number of nitriles is 1. The van der Waals surface area contributed by atoms with Crippen LogP contribution in [0.5, 0.6) is 0 Å². The zero-order valence-corrected chi connectivity index (χ0v) is 10.1. The lowest BCUT2D eigenvalue weighted by atomic mass is 10.2. The monoisotopic (exact) mass is 246 g/mol. The Kier molecular flexibility index (Phi) is 3.40. The second kappa shape index (κ2) is 4.98. The highest BCUT2D eigenvalue weighted by Gasteiger charge is 2.07. The molecule has 2 rings (SSSR count). The van der Waals surface area contributed by atoms with E-state index in [4.69, 9.17) is 5.26 Å². The fourth-order valence-electron chi connectivity index (χ4n) is 1.55. The van der Waals surface area contributed by atoms with Gasteiger partial charge in [-0.1, -0.05) is 6.07 Å². The van der Waals surface area contributed by atoms with E-state index in [0.29, 0.717) is 12.2 Å². The van der Waals surface area contributed by atoms with Gasteiger partial charge >= 0.3 is 0 Å². The first-order chi connectivity index (χ1) is 8.20. The summed E-state index contributed by atoms with van der Waals surface area (Å²) in [5, 5.41) is 12.0. The molecule has 0 saturated heterocycles. The number of hydrogen-bond acceptors (Lipinski definition) is 3. The van der Waals surface area contributed by atoms with E-state index in [9.17, 15) is 4.39 Å². The molecule has 1 N–H and O–H groups in total. The van der Waals surface area contributed by atoms with Crippen LogP contribution in [0.15, 0.2) is 30.3 Å². The van der Waals surface area contributed by atoms with E-state index < -0.39 is 5.82 Å². The van der Waals surface area contributed by atoms with Gasteiger partial charge in [0.25, 0.3) is 0 Å². The fraction of sp³-hybridized carbons (Fsp3) is 0.154. The molecule has 0 fully saturated rings. The van der Waals surface area contributed by atoms with E-state index in [1.807, 2.05) is 25.1 Å². The van der Waals surface area contributed by atoms with Gasteiger partial charge in [-0.2, -0.15) is 5.26 Å². The molecule has 86 valence electrons. The number of rotatable bonds is 3.